The first-order valence-electron chi connectivity index (χ1n) is 5.11. The zero-order valence-electron chi connectivity index (χ0n) is 9.78. The number of thiazole rings is 1. The van der Waals surface area contributed by atoms with Crippen LogP contribution in [-0.4, -0.2) is 21.9 Å². The molecule has 1 heterocycles. The van der Waals surface area contributed by atoms with E-state index < -0.39 is 0 Å². The molecule has 0 amide bonds. The van der Waals surface area contributed by atoms with E-state index >= 15 is 0 Å². The van der Waals surface area contributed by atoms with Gasteiger partial charge in [0.15, 0.2) is 0 Å². The lowest BCUT2D eigenvalue weighted by atomic mass is 9.93. The number of thioether (sulfide) groups is 1. The van der Waals surface area contributed by atoms with Gasteiger partial charge in [-0.2, -0.15) is 0 Å². The molecule has 0 aromatic carbocycles. The highest BCUT2D eigenvalue weighted by atomic mass is 32.2. The molecule has 86 valence electrons. The van der Waals surface area contributed by atoms with Gasteiger partial charge in [0, 0.05) is 21.8 Å². The van der Waals surface area contributed by atoms with Gasteiger partial charge in [0.25, 0.3) is 0 Å². The molecule has 1 rings (SSSR count). The predicted molar refractivity (Wildman–Crippen MR) is 68.7 cm³/mol. The summed E-state index contributed by atoms with van der Waals surface area (Å²) in [7, 11) is 0. The van der Waals surface area contributed by atoms with Crippen LogP contribution in [0.1, 0.15) is 38.4 Å². The highest BCUT2D eigenvalue weighted by Gasteiger charge is 2.17. The molecule has 0 saturated carbocycles. The van der Waals surface area contributed by atoms with Gasteiger partial charge in [-0.25, -0.2) is 4.98 Å². The zero-order valence-corrected chi connectivity index (χ0v) is 11.4. The monoisotopic (exact) mass is 245 g/mol. The van der Waals surface area contributed by atoms with Crippen molar-refractivity contribution in [3.63, 3.8) is 0 Å². The van der Waals surface area contributed by atoms with Crippen LogP contribution >= 0.6 is 23.1 Å². The van der Waals surface area contributed by atoms with E-state index in [4.69, 9.17) is 5.11 Å². The van der Waals surface area contributed by atoms with E-state index in [0.717, 1.165) is 10.8 Å². The summed E-state index contributed by atoms with van der Waals surface area (Å²) >= 11 is 3.47. The lowest BCUT2D eigenvalue weighted by molar-refractivity contribution is 0.300. The lowest BCUT2D eigenvalue weighted by Crippen LogP contribution is -2.11. The number of hydrogen-bond donors (Lipinski definition) is 1. The van der Waals surface area contributed by atoms with Gasteiger partial charge >= 0.3 is 0 Å². The van der Waals surface area contributed by atoms with E-state index in [9.17, 15) is 0 Å². The number of hydrogen-bond acceptors (Lipinski definition) is 4. The lowest BCUT2D eigenvalue weighted by Gasteiger charge is -2.14. The first-order chi connectivity index (χ1) is 6.93. The Morgan fingerprint density at radius 3 is 2.67 bits per heavy atom. The van der Waals surface area contributed by atoms with Gasteiger partial charge in [-0.1, -0.05) is 27.7 Å². The summed E-state index contributed by atoms with van der Waals surface area (Å²) in [6.07, 6.45) is 0. The highest BCUT2D eigenvalue weighted by molar-refractivity contribution is 7.99. The van der Waals surface area contributed by atoms with Crippen molar-refractivity contribution in [3.05, 3.63) is 16.1 Å². The molecule has 0 saturated heterocycles. The summed E-state index contributed by atoms with van der Waals surface area (Å²) in [5, 5.41) is 12.5. The van der Waals surface area contributed by atoms with Gasteiger partial charge in [0.1, 0.15) is 5.01 Å². The summed E-state index contributed by atoms with van der Waals surface area (Å²) in [6.45, 7) is 8.80. The molecule has 0 aliphatic rings. The minimum Gasteiger partial charge on any atom is -0.395 e. The molecule has 1 atom stereocenters. The van der Waals surface area contributed by atoms with Crippen molar-refractivity contribution in [1.82, 2.24) is 4.98 Å². The summed E-state index contributed by atoms with van der Waals surface area (Å²) in [5.74, 6) is 0.905. The van der Waals surface area contributed by atoms with Crippen LogP contribution in [0.15, 0.2) is 5.38 Å². The largest absolute Gasteiger partial charge is 0.395 e. The van der Waals surface area contributed by atoms with E-state index in [1.165, 1.54) is 5.69 Å². The van der Waals surface area contributed by atoms with Crippen molar-refractivity contribution in [2.24, 2.45) is 0 Å². The van der Waals surface area contributed by atoms with E-state index in [-0.39, 0.29) is 12.0 Å². The maximum absolute atomic E-state index is 8.91. The average molecular weight is 245 g/mol. The fourth-order valence-corrected chi connectivity index (χ4v) is 2.87. The number of aliphatic hydroxyl groups excluding tert-OH is 1. The minimum atomic E-state index is 0.141. The quantitative estimate of drug-likeness (QED) is 0.885. The molecule has 1 N–H and O–H groups in total. The zero-order chi connectivity index (χ0) is 11.5. The summed E-state index contributed by atoms with van der Waals surface area (Å²) in [5.41, 5.74) is 1.31. The molecule has 0 aliphatic carbocycles. The highest BCUT2D eigenvalue weighted by Crippen LogP contribution is 2.26. The van der Waals surface area contributed by atoms with E-state index in [1.54, 1.807) is 23.1 Å². The first kappa shape index (κ1) is 13.0. The molecule has 1 aromatic rings. The number of nitrogens with zero attached hydrogens (tertiary/aromatic N) is 1. The molecule has 4 heteroatoms. The standard InChI is InChI=1S/C11H19NOS2/c1-8(5-13)14-7-10-12-9(6-15-10)11(2,3)4/h6,8,13H,5,7H2,1-4H3. The third kappa shape index (κ3) is 4.13. The van der Waals surface area contributed by atoms with Crippen molar-refractivity contribution in [1.29, 1.82) is 0 Å². The minimum absolute atomic E-state index is 0.141. The normalized spacial score (nSPS) is 14.2. The first-order valence-corrected chi connectivity index (χ1v) is 7.03. The van der Waals surface area contributed by atoms with Crippen molar-refractivity contribution < 1.29 is 5.11 Å². The van der Waals surface area contributed by atoms with Crippen LogP contribution < -0.4 is 0 Å². The Morgan fingerprint density at radius 2 is 2.20 bits per heavy atom. The molecule has 0 radical (unpaired) electrons. The van der Waals surface area contributed by atoms with Crippen molar-refractivity contribution >= 4 is 23.1 Å². The van der Waals surface area contributed by atoms with Crippen LogP contribution in [0.5, 0.6) is 0 Å². The van der Waals surface area contributed by atoms with Crippen molar-refractivity contribution in [2.75, 3.05) is 6.61 Å². The molecule has 0 bridgehead atoms. The van der Waals surface area contributed by atoms with E-state index in [2.05, 4.69) is 31.1 Å². The Morgan fingerprint density at radius 1 is 1.53 bits per heavy atom. The number of aromatic nitrogens is 1. The Kier molecular flexibility index (Phi) is 4.62. The van der Waals surface area contributed by atoms with Crippen molar-refractivity contribution in [2.45, 2.75) is 44.1 Å². The van der Waals surface area contributed by atoms with E-state index in [1.807, 2.05) is 6.92 Å². The van der Waals surface area contributed by atoms with Crippen LogP contribution in [0.25, 0.3) is 0 Å². The van der Waals surface area contributed by atoms with Crippen LogP contribution in [0, 0.1) is 0 Å². The fourth-order valence-electron chi connectivity index (χ4n) is 0.988. The van der Waals surface area contributed by atoms with Gasteiger partial charge in [-0.15, -0.1) is 23.1 Å². The maximum atomic E-state index is 8.91. The Balaban J connectivity index is 2.54. The molecule has 2 nitrogen and oxygen atoms in total. The van der Waals surface area contributed by atoms with E-state index in [0.29, 0.717) is 5.25 Å². The van der Waals surface area contributed by atoms with Crippen LogP contribution in [-0.2, 0) is 11.2 Å². The van der Waals surface area contributed by atoms with Crippen molar-refractivity contribution in [3.8, 4) is 0 Å². The maximum Gasteiger partial charge on any atom is 0.103 e. The second-order valence-corrected chi connectivity index (χ2v) is 7.05. The fraction of sp³-hybridized carbons (Fsp3) is 0.727. The predicted octanol–water partition coefficient (Wildman–Crippen LogP) is 3.05. The molecule has 0 aliphatic heterocycles. The van der Waals surface area contributed by atoms with Crippen LogP contribution in [0.4, 0.5) is 0 Å². The van der Waals surface area contributed by atoms with Gasteiger partial charge < -0.3 is 5.11 Å². The molecule has 0 fully saturated rings. The van der Waals surface area contributed by atoms with Gasteiger partial charge in [-0.3, -0.25) is 0 Å². The molecule has 1 aromatic heterocycles. The Hall–Kier alpha value is -0.0600. The topological polar surface area (TPSA) is 33.1 Å². The molecular formula is C11H19NOS2. The molecular weight excluding hydrogens is 226 g/mol. The smallest absolute Gasteiger partial charge is 0.103 e. The molecule has 1 unspecified atom stereocenters. The molecule has 15 heavy (non-hydrogen) atoms. The van der Waals surface area contributed by atoms with Crippen LogP contribution in [0.2, 0.25) is 0 Å². The molecule has 0 spiro atoms. The van der Waals surface area contributed by atoms with Gasteiger partial charge in [0.2, 0.25) is 0 Å². The number of aliphatic hydroxyl groups is 1. The summed E-state index contributed by atoms with van der Waals surface area (Å²) in [6, 6.07) is 0. The Bertz CT molecular complexity index is 304. The van der Waals surface area contributed by atoms with Crippen LogP contribution in [0.3, 0.4) is 0 Å². The Labute approximate surface area is 100 Å². The average Bonchev–Trinajstić information content (AvgIpc) is 2.61. The third-order valence-corrected chi connectivity index (χ3v) is 4.26. The van der Waals surface area contributed by atoms with Gasteiger partial charge in [-0.05, 0) is 0 Å². The number of rotatable bonds is 4. The third-order valence-electron chi connectivity index (χ3n) is 2.07. The summed E-state index contributed by atoms with van der Waals surface area (Å²) in [4.78, 5) is 4.60. The van der Waals surface area contributed by atoms with Gasteiger partial charge in [0.05, 0.1) is 12.3 Å². The summed E-state index contributed by atoms with van der Waals surface area (Å²) < 4.78 is 0. The SMILES string of the molecule is CC(CO)SCc1nc(C(C)(C)C)cs1. The second-order valence-electron chi connectivity index (χ2n) is 4.68. The second kappa shape index (κ2) is 5.32.